The van der Waals surface area contributed by atoms with Crippen LogP contribution in [0, 0.1) is 17.8 Å². The third-order valence-corrected chi connectivity index (χ3v) is 8.20. The molecular formula is C28H34F3N3O6. The number of carbonyl (C=O) groups is 3. The molecule has 0 spiro atoms. The molecular weight excluding hydrogens is 531 g/mol. The van der Waals surface area contributed by atoms with Crippen LogP contribution in [0.15, 0.2) is 23.0 Å². The van der Waals surface area contributed by atoms with Crippen molar-refractivity contribution in [2.75, 3.05) is 20.6 Å². The lowest BCUT2D eigenvalue weighted by Gasteiger charge is -2.46. The fourth-order valence-corrected chi connectivity index (χ4v) is 6.52. The Morgan fingerprint density at radius 1 is 1.18 bits per heavy atom. The second-order valence-electron chi connectivity index (χ2n) is 11.3. The molecule has 1 amide bonds. The molecule has 218 valence electrons. The van der Waals surface area contributed by atoms with Crippen molar-refractivity contribution in [1.29, 1.82) is 0 Å². The van der Waals surface area contributed by atoms with Crippen LogP contribution < -0.4 is 11.1 Å². The Bertz CT molecular complexity index is 1330. The summed E-state index contributed by atoms with van der Waals surface area (Å²) < 4.78 is 37.7. The van der Waals surface area contributed by atoms with E-state index in [1.807, 2.05) is 13.8 Å². The number of nitrogens with zero attached hydrogens (tertiary/aromatic N) is 1. The number of likely N-dealkylation sites (N-methyl/N-ethyl adjacent to an activating group) is 1. The Balaban J connectivity index is 1.80. The lowest BCUT2D eigenvalue weighted by atomic mass is 9.59. The fraction of sp³-hybridized carbons (Fsp3) is 0.536. The summed E-state index contributed by atoms with van der Waals surface area (Å²) in [5.41, 5.74) is 6.38. The number of carbonyl (C=O) groups excluding carboxylic acids is 3. The predicted molar refractivity (Wildman–Crippen MR) is 139 cm³/mol. The highest BCUT2D eigenvalue weighted by atomic mass is 19.4. The van der Waals surface area contributed by atoms with Crippen molar-refractivity contribution in [2.45, 2.75) is 57.8 Å². The van der Waals surface area contributed by atoms with Crippen LogP contribution in [0.2, 0.25) is 0 Å². The van der Waals surface area contributed by atoms with Crippen LogP contribution in [0.5, 0.6) is 5.75 Å². The van der Waals surface area contributed by atoms with Crippen LogP contribution in [0.4, 0.5) is 13.2 Å². The molecule has 0 saturated heterocycles. The highest BCUT2D eigenvalue weighted by Gasteiger charge is 2.55. The van der Waals surface area contributed by atoms with Crippen LogP contribution in [0.3, 0.4) is 0 Å². The number of amides is 1. The summed E-state index contributed by atoms with van der Waals surface area (Å²) in [5, 5.41) is 36.1. The standard InChI is InChI=1S/C28H34F3N3O6/c1-11(2)14-9-13(10-33-6-5-28(29,30)31)22(35)18-15(14)7-12-8-16-19(24(37)17(12)23(18)36)25(38)20(27(32)40)26(39)21(16)34(3)4/h9,11-12,16,19,21,33,35-36,39H,5-8,10H2,1-4H3,(H2,32,40). The summed E-state index contributed by atoms with van der Waals surface area (Å²) in [5.74, 6) is -6.75. The van der Waals surface area contributed by atoms with Crippen LogP contribution >= 0.6 is 0 Å². The number of allylic oxidation sites excluding steroid dienone is 1. The number of alkyl halides is 3. The molecule has 1 saturated carbocycles. The number of phenols is 1. The number of hydrogen-bond acceptors (Lipinski definition) is 8. The average molecular weight is 566 g/mol. The molecule has 1 aromatic carbocycles. The number of fused-ring (bicyclic) bond motifs is 3. The maximum absolute atomic E-state index is 13.9. The van der Waals surface area contributed by atoms with Crippen molar-refractivity contribution in [2.24, 2.45) is 23.5 Å². The number of aliphatic hydroxyl groups is 2. The van der Waals surface area contributed by atoms with Crippen LogP contribution in [0.25, 0.3) is 5.76 Å². The summed E-state index contributed by atoms with van der Waals surface area (Å²) in [6.45, 7) is 3.34. The van der Waals surface area contributed by atoms with E-state index < -0.39 is 71.0 Å². The second kappa shape index (κ2) is 10.5. The Morgan fingerprint density at radius 2 is 1.82 bits per heavy atom. The molecule has 6 N–H and O–H groups in total. The highest BCUT2D eigenvalue weighted by Crippen LogP contribution is 2.51. The summed E-state index contributed by atoms with van der Waals surface area (Å²) >= 11 is 0. The molecule has 4 unspecified atom stereocenters. The molecule has 0 radical (unpaired) electrons. The predicted octanol–water partition coefficient (Wildman–Crippen LogP) is 3.01. The Kier molecular flexibility index (Phi) is 7.81. The molecule has 0 heterocycles. The van der Waals surface area contributed by atoms with Crippen molar-refractivity contribution in [3.05, 3.63) is 45.2 Å². The molecule has 4 rings (SSSR count). The summed E-state index contributed by atoms with van der Waals surface area (Å²) in [4.78, 5) is 40.9. The summed E-state index contributed by atoms with van der Waals surface area (Å²) in [6, 6.07) is 0.869. The van der Waals surface area contributed by atoms with Gasteiger partial charge in [0.2, 0.25) is 0 Å². The van der Waals surface area contributed by atoms with Gasteiger partial charge >= 0.3 is 6.18 Å². The van der Waals surface area contributed by atoms with Gasteiger partial charge in [0.05, 0.1) is 23.9 Å². The number of nitrogens with one attached hydrogen (secondary N) is 1. The van der Waals surface area contributed by atoms with E-state index in [1.165, 1.54) is 0 Å². The lowest BCUT2D eigenvalue weighted by Crippen LogP contribution is -2.55. The molecule has 4 atom stereocenters. The molecule has 0 bridgehead atoms. The molecule has 40 heavy (non-hydrogen) atoms. The van der Waals surface area contributed by atoms with Gasteiger partial charge in [-0.3, -0.25) is 19.3 Å². The van der Waals surface area contributed by atoms with Gasteiger partial charge in [-0.1, -0.05) is 19.9 Å². The molecule has 3 aliphatic carbocycles. The topological polar surface area (TPSA) is 153 Å². The first-order chi connectivity index (χ1) is 18.6. The zero-order valence-corrected chi connectivity index (χ0v) is 22.7. The molecule has 0 aliphatic heterocycles. The van der Waals surface area contributed by atoms with Crippen molar-refractivity contribution < 1.29 is 42.9 Å². The molecule has 9 nitrogen and oxygen atoms in total. The number of hydrogen-bond donors (Lipinski definition) is 5. The molecule has 1 fully saturated rings. The van der Waals surface area contributed by atoms with E-state index in [0.29, 0.717) is 5.56 Å². The number of aromatic hydroxyl groups is 1. The van der Waals surface area contributed by atoms with Crippen LogP contribution in [-0.4, -0.2) is 70.6 Å². The van der Waals surface area contributed by atoms with Crippen molar-refractivity contribution >= 4 is 23.2 Å². The molecule has 3 aliphatic rings. The van der Waals surface area contributed by atoms with E-state index in [0.717, 1.165) is 5.56 Å². The maximum atomic E-state index is 13.9. The largest absolute Gasteiger partial charge is 0.510 e. The van der Waals surface area contributed by atoms with E-state index in [2.05, 4.69) is 5.32 Å². The second-order valence-corrected chi connectivity index (χ2v) is 11.3. The summed E-state index contributed by atoms with van der Waals surface area (Å²) in [7, 11) is 3.30. The number of Topliss-reactive ketones (excluding diaryl/α,β-unsaturated/α-hetero) is 2. The first-order valence-electron chi connectivity index (χ1n) is 13.1. The number of rotatable bonds is 7. The van der Waals surface area contributed by atoms with Gasteiger partial charge in [0.1, 0.15) is 22.8 Å². The SMILES string of the molecule is CC(C)c1cc(CNCCC(F)(F)F)c(O)c2c1CC1CC3C(C(=O)C(C(N)=O)=C(O)C3N(C)C)C(=O)C1=C2O. The molecule has 1 aromatic rings. The third-order valence-electron chi connectivity index (χ3n) is 8.20. The minimum Gasteiger partial charge on any atom is -0.510 e. The highest BCUT2D eigenvalue weighted by molar-refractivity contribution is 6.28. The van der Waals surface area contributed by atoms with Crippen LogP contribution in [-0.2, 0) is 27.3 Å². The van der Waals surface area contributed by atoms with Gasteiger partial charge in [0.15, 0.2) is 11.6 Å². The van der Waals surface area contributed by atoms with Crippen molar-refractivity contribution in [1.82, 2.24) is 10.2 Å². The smallest absolute Gasteiger partial charge is 0.390 e. The Labute approximate surface area is 229 Å². The van der Waals surface area contributed by atoms with Gasteiger partial charge in [-0.15, -0.1) is 0 Å². The minimum atomic E-state index is -4.34. The number of halogens is 3. The van der Waals surface area contributed by atoms with E-state index in [-0.39, 0.29) is 54.3 Å². The van der Waals surface area contributed by atoms with E-state index in [4.69, 9.17) is 5.73 Å². The average Bonchev–Trinajstić information content (AvgIpc) is 2.81. The monoisotopic (exact) mass is 565 g/mol. The quantitative estimate of drug-likeness (QED) is 0.192. The Hall–Kier alpha value is -3.38. The third kappa shape index (κ3) is 4.98. The summed E-state index contributed by atoms with van der Waals surface area (Å²) in [6.07, 6.45) is -4.90. The number of phenolic OH excluding ortho intramolecular Hbond substituents is 1. The maximum Gasteiger partial charge on any atom is 0.390 e. The van der Waals surface area contributed by atoms with Crippen LogP contribution in [0.1, 0.15) is 54.9 Å². The van der Waals surface area contributed by atoms with Gasteiger partial charge < -0.3 is 26.4 Å². The van der Waals surface area contributed by atoms with Gasteiger partial charge in [0.25, 0.3) is 5.91 Å². The number of nitrogens with two attached hydrogens (primary N) is 1. The molecule has 0 aromatic heterocycles. The zero-order valence-electron chi connectivity index (χ0n) is 22.7. The van der Waals surface area contributed by atoms with Crippen molar-refractivity contribution in [3.8, 4) is 5.75 Å². The van der Waals surface area contributed by atoms with E-state index >= 15 is 0 Å². The lowest BCUT2D eigenvalue weighted by molar-refractivity contribution is -0.137. The van der Waals surface area contributed by atoms with Gasteiger partial charge in [-0.2, -0.15) is 13.2 Å². The van der Waals surface area contributed by atoms with Gasteiger partial charge in [-0.05, 0) is 55.8 Å². The minimum absolute atomic E-state index is 0.0257. The normalized spacial score (nSPS) is 24.9. The fourth-order valence-electron chi connectivity index (χ4n) is 6.52. The Morgan fingerprint density at radius 3 is 2.38 bits per heavy atom. The van der Waals surface area contributed by atoms with Crippen molar-refractivity contribution in [3.63, 3.8) is 0 Å². The number of benzene rings is 1. The zero-order chi connectivity index (χ0) is 29.8. The van der Waals surface area contributed by atoms with Gasteiger partial charge in [0, 0.05) is 24.2 Å². The van der Waals surface area contributed by atoms with Gasteiger partial charge in [-0.25, -0.2) is 0 Å². The number of ketones is 2. The first kappa shape index (κ1) is 29.6. The van der Waals surface area contributed by atoms with E-state index in [1.54, 1.807) is 25.1 Å². The van der Waals surface area contributed by atoms with E-state index in [9.17, 15) is 42.9 Å². The number of aliphatic hydroxyl groups excluding tert-OH is 2. The first-order valence-corrected chi connectivity index (χ1v) is 13.1. The molecule has 12 heteroatoms. The number of primary amides is 1.